The van der Waals surface area contributed by atoms with E-state index in [1.807, 2.05) is 0 Å². The van der Waals surface area contributed by atoms with Gasteiger partial charge in [0.05, 0.1) is 13.6 Å². The average Bonchev–Trinajstić information content (AvgIpc) is 3.06. The van der Waals surface area contributed by atoms with Crippen LogP contribution >= 0.6 is 0 Å². The van der Waals surface area contributed by atoms with Crippen LogP contribution in [0.3, 0.4) is 0 Å². The molecule has 0 amide bonds. The van der Waals surface area contributed by atoms with Crippen LogP contribution in [0.2, 0.25) is 0 Å². The van der Waals surface area contributed by atoms with Gasteiger partial charge in [0, 0.05) is 0 Å². The molecule has 1 aromatic rings. The van der Waals surface area contributed by atoms with Gasteiger partial charge in [-0.1, -0.05) is 206 Å². The molecule has 1 nitrogen and oxygen atoms in total. The van der Waals surface area contributed by atoms with Crippen molar-refractivity contribution >= 4 is 11.8 Å². The molecule has 0 saturated carbocycles. The number of benzene rings is 1. The van der Waals surface area contributed by atoms with Gasteiger partial charge in [-0.05, 0) is 55.5 Å². The summed E-state index contributed by atoms with van der Waals surface area (Å²) in [5.41, 5.74) is 2.80. The monoisotopic (exact) mass is 660 g/mol. The van der Waals surface area contributed by atoms with Crippen LogP contribution in [0.5, 0.6) is 0 Å². The molecule has 270 valence electrons. The van der Waals surface area contributed by atoms with Gasteiger partial charge in [0.25, 0.3) is 0 Å². The molecular weight excluding hydrogens is 578 g/mol. The smallest absolute Gasteiger partial charge is 0.131 e. The van der Waals surface area contributed by atoms with Crippen LogP contribution in [0.15, 0.2) is 30.3 Å². The van der Waals surface area contributed by atoms with E-state index in [2.05, 4.69) is 57.3 Å². The third-order valence-electron chi connectivity index (χ3n) is 10.1. The van der Waals surface area contributed by atoms with Crippen molar-refractivity contribution in [1.29, 1.82) is 0 Å². The highest BCUT2D eigenvalue weighted by molar-refractivity contribution is 5.51. The number of halogens is 1. The molecule has 0 aliphatic rings. The summed E-state index contributed by atoms with van der Waals surface area (Å²) in [4.78, 5) is 1.56. The molecule has 1 unspecified atom stereocenters. The minimum atomic E-state index is 0. The van der Waals surface area contributed by atoms with Gasteiger partial charge in [-0.25, -0.2) is 0 Å². The third kappa shape index (κ3) is 30.5. The molecule has 0 bridgehead atoms. The van der Waals surface area contributed by atoms with E-state index in [9.17, 15) is 0 Å². The molecule has 1 aromatic carbocycles. The molecule has 1 rings (SSSR count). The van der Waals surface area contributed by atoms with Gasteiger partial charge in [-0.15, -0.1) is 0 Å². The molecule has 2 heteroatoms. The second kappa shape index (κ2) is 37.0. The van der Waals surface area contributed by atoms with E-state index in [1.54, 1.807) is 4.90 Å². The normalized spacial score (nSPS) is 12.2. The van der Waals surface area contributed by atoms with E-state index in [0.717, 1.165) is 0 Å². The van der Waals surface area contributed by atoms with Crippen molar-refractivity contribution in [1.82, 2.24) is 0 Å². The van der Waals surface area contributed by atoms with Gasteiger partial charge in [0.2, 0.25) is 0 Å². The molecule has 0 aliphatic heterocycles. The van der Waals surface area contributed by atoms with Gasteiger partial charge in [0.15, 0.2) is 0 Å². The minimum Gasteiger partial charge on any atom is -1.00 e. The topological polar surface area (TPSA) is 4.44 Å². The maximum Gasteiger partial charge on any atom is 0.131 e. The lowest BCUT2D eigenvalue weighted by molar-refractivity contribution is -0.810. The summed E-state index contributed by atoms with van der Waals surface area (Å²) in [5.74, 6) is 0. The fourth-order valence-electron chi connectivity index (χ4n) is 6.81. The number of quaternary nitrogens is 1. The van der Waals surface area contributed by atoms with Crippen molar-refractivity contribution < 1.29 is 17.3 Å². The molecule has 0 radical (unpaired) electrons. The van der Waals surface area contributed by atoms with Crippen LogP contribution in [0, 0.1) is 0 Å². The Morgan fingerprint density at radius 2 is 0.717 bits per heavy atom. The van der Waals surface area contributed by atoms with Gasteiger partial charge in [0.1, 0.15) is 5.69 Å². The summed E-state index contributed by atoms with van der Waals surface area (Å²) in [6.07, 6.45) is 50.6. The predicted molar refractivity (Wildman–Crippen MR) is 206 cm³/mol. The fourth-order valence-corrected chi connectivity index (χ4v) is 6.81. The molecule has 0 heterocycles. The first-order chi connectivity index (χ1) is 22.3. The SMILES string of the molecule is CCCCCCCCCCCCCCCCCC=Cc1ccc([NH+](C)CCCCCCCCCCCCCCCCCC)cc1.[Cl-]. The Morgan fingerprint density at radius 1 is 0.413 bits per heavy atom. The zero-order valence-corrected chi connectivity index (χ0v) is 32.4. The zero-order chi connectivity index (χ0) is 32.3. The first-order valence-electron chi connectivity index (χ1n) is 20.9. The first kappa shape index (κ1) is 45.2. The number of unbranched alkanes of at least 4 members (excludes halogenated alkanes) is 30. The van der Waals surface area contributed by atoms with Crippen LogP contribution in [-0.4, -0.2) is 13.6 Å². The van der Waals surface area contributed by atoms with E-state index in [4.69, 9.17) is 0 Å². The van der Waals surface area contributed by atoms with Crippen LogP contribution in [0.1, 0.15) is 225 Å². The number of nitrogens with one attached hydrogen (secondary N) is 1. The highest BCUT2D eigenvalue weighted by Crippen LogP contribution is 2.16. The highest BCUT2D eigenvalue weighted by atomic mass is 35.5. The molecule has 0 fully saturated rings. The van der Waals surface area contributed by atoms with Crippen LogP contribution in [-0.2, 0) is 0 Å². The van der Waals surface area contributed by atoms with E-state index in [1.165, 1.54) is 223 Å². The van der Waals surface area contributed by atoms with Crippen molar-refractivity contribution in [2.75, 3.05) is 13.6 Å². The lowest BCUT2D eigenvalue weighted by Gasteiger charge is -2.13. The third-order valence-corrected chi connectivity index (χ3v) is 10.1. The van der Waals surface area contributed by atoms with Crippen molar-refractivity contribution in [2.45, 2.75) is 219 Å². The van der Waals surface area contributed by atoms with Gasteiger partial charge in [-0.2, -0.15) is 0 Å². The largest absolute Gasteiger partial charge is 1.00 e. The summed E-state index contributed by atoms with van der Waals surface area (Å²) < 4.78 is 0. The Balaban J connectivity index is 0.0000202. The summed E-state index contributed by atoms with van der Waals surface area (Å²) in [6, 6.07) is 9.31. The average molecular weight is 661 g/mol. The van der Waals surface area contributed by atoms with Crippen molar-refractivity contribution in [2.24, 2.45) is 0 Å². The van der Waals surface area contributed by atoms with E-state index in [-0.39, 0.29) is 12.4 Å². The Hall–Kier alpha value is -0.790. The number of rotatable bonds is 35. The van der Waals surface area contributed by atoms with Crippen LogP contribution < -0.4 is 17.3 Å². The quantitative estimate of drug-likeness (QED) is 0.0691. The van der Waals surface area contributed by atoms with Crippen molar-refractivity contribution in [3.8, 4) is 0 Å². The molecular formula is C44H82ClN. The van der Waals surface area contributed by atoms with E-state index in [0.29, 0.717) is 0 Å². The van der Waals surface area contributed by atoms with Gasteiger partial charge < -0.3 is 17.3 Å². The molecule has 1 N–H and O–H groups in total. The summed E-state index contributed by atoms with van der Waals surface area (Å²) in [7, 11) is 2.34. The number of hydrogen-bond acceptors (Lipinski definition) is 0. The van der Waals surface area contributed by atoms with E-state index >= 15 is 0 Å². The first-order valence-corrected chi connectivity index (χ1v) is 20.9. The second-order valence-electron chi connectivity index (χ2n) is 14.6. The molecule has 0 spiro atoms. The predicted octanol–water partition coefficient (Wildman–Crippen LogP) is 11.4. The molecule has 1 atom stereocenters. The molecule has 0 saturated heterocycles. The highest BCUT2D eigenvalue weighted by Gasteiger charge is 2.05. The van der Waals surface area contributed by atoms with Crippen molar-refractivity contribution in [3.05, 3.63) is 35.9 Å². The zero-order valence-electron chi connectivity index (χ0n) is 31.7. The summed E-state index contributed by atoms with van der Waals surface area (Å²) in [5, 5.41) is 0. The lowest BCUT2D eigenvalue weighted by Crippen LogP contribution is -3.03. The van der Waals surface area contributed by atoms with Crippen molar-refractivity contribution in [3.63, 3.8) is 0 Å². The Bertz CT molecular complexity index is 726. The second-order valence-corrected chi connectivity index (χ2v) is 14.6. The minimum absolute atomic E-state index is 0. The summed E-state index contributed by atoms with van der Waals surface area (Å²) >= 11 is 0. The standard InChI is InChI=1S/C44H81N.ClH/c1-4-6-8-10-12-14-16-18-20-22-23-25-27-29-31-33-35-37-43-38-40-44(41-39-43)45(3)42-36-34-32-30-28-26-24-21-19-17-15-13-11-9-7-5-2;/h35,37-41H,4-34,36,42H2,1-3H3;1H. The Morgan fingerprint density at radius 3 is 1.07 bits per heavy atom. The Kier molecular flexibility index (Phi) is 36.4. The maximum absolute atomic E-state index is 2.39. The number of allylic oxidation sites excluding steroid dienone is 1. The molecule has 0 aliphatic carbocycles. The molecule has 46 heavy (non-hydrogen) atoms. The maximum atomic E-state index is 2.39. The van der Waals surface area contributed by atoms with Gasteiger partial charge in [-0.3, -0.25) is 0 Å². The Labute approximate surface area is 297 Å². The van der Waals surface area contributed by atoms with Crippen LogP contribution in [0.25, 0.3) is 6.08 Å². The molecule has 0 aromatic heterocycles. The van der Waals surface area contributed by atoms with Gasteiger partial charge >= 0.3 is 0 Å². The fraction of sp³-hybridized carbons (Fsp3) is 0.818. The summed E-state index contributed by atoms with van der Waals surface area (Å²) in [6.45, 7) is 5.87. The van der Waals surface area contributed by atoms with Crippen LogP contribution in [0.4, 0.5) is 5.69 Å². The number of hydrogen-bond donors (Lipinski definition) is 1. The van der Waals surface area contributed by atoms with E-state index < -0.39 is 0 Å². The lowest BCUT2D eigenvalue weighted by atomic mass is 10.0.